The first-order valence-electron chi connectivity index (χ1n) is 5.74. The fraction of sp³-hybridized carbons (Fsp3) is 0.500. The molecule has 1 aromatic heterocycles. The second-order valence-corrected chi connectivity index (χ2v) is 4.14. The van der Waals surface area contributed by atoms with Crippen LogP contribution in [0.3, 0.4) is 0 Å². The van der Waals surface area contributed by atoms with Gasteiger partial charge in [-0.1, -0.05) is 19.3 Å². The first kappa shape index (κ1) is 10.9. The summed E-state index contributed by atoms with van der Waals surface area (Å²) < 4.78 is 0. The van der Waals surface area contributed by atoms with Gasteiger partial charge in [0.2, 0.25) is 0 Å². The van der Waals surface area contributed by atoms with Gasteiger partial charge in [-0.3, -0.25) is 4.79 Å². The molecule has 0 unspecified atom stereocenters. The summed E-state index contributed by atoms with van der Waals surface area (Å²) in [5.74, 6) is 0.878. The van der Waals surface area contributed by atoms with Crippen LogP contribution in [0.25, 0.3) is 0 Å². The van der Waals surface area contributed by atoms with Crippen LogP contribution in [0.1, 0.15) is 32.1 Å². The Balaban J connectivity index is 1.90. The minimum atomic E-state index is 0.553. The Morgan fingerprint density at radius 1 is 1.25 bits per heavy atom. The van der Waals surface area contributed by atoms with E-state index in [0.29, 0.717) is 11.7 Å². The fourth-order valence-electron chi connectivity index (χ4n) is 2.07. The molecule has 2 N–H and O–H groups in total. The van der Waals surface area contributed by atoms with Crippen LogP contribution >= 0.6 is 0 Å². The van der Waals surface area contributed by atoms with Gasteiger partial charge in [-0.25, -0.2) is 4.98 Å². The number of carbonyl (C=O) groups excluding carboxylic acids is 1. The van der Waals surface area contributed by atoms with Crippen molar-refractivity contribution in [1.82, 2.24) is 4.98 Å². The maximum atomic E-state index is 10.1. The van der Waals surface area contributed by atoms with Crippen molar-refractivity contribution in [1.29, 1.82) is 0 Å². The van der Waals surface area contributed by atoms with E-state index in [2.05, 4.69) is 15.6 Å². The second-order valence-electron chi connectivity index (χ2n) is 4.14. The van der Waals surface area contributed by atoms with Crippen LogP contribution in [0.5, 0.6) is 0 Å². The zero-order chi connectivity index (χ0) is 11.2. The van der Waals surface area contributed by atoms with Crippen LogP contribution in [-0.4, -0.2) is 17.4 Å². The fourth-order valence-corrected chi connectivity index (χ4v) is 2.07. The molecule has 4 nitrogen and oxygen atoms in total. The third-order valence-corrected chi connectivity index (χ3v) is 2.92. The molecular weight excluding hydrogens is 202 g/mol. The number of amides is 1. The van der Waals surface area contributed by atoms with E-state index in [-0.39, 0.29) is 0 Å². The lowest BCUT2D eigenvalue weighted by atomic mass is 9.95. The van der Waals surface area contributed by atoms with E-state index < -0.39 is 0 Å². The van der Waals surface area contributed by atoms with Gasteiger partial charge in [0.1, 0.15) is 5.82 Å². The molecule has 1 heterocycles. The smallest absolute Gasteiger partial charge is 0.314 e. The van der Waals surface area contributed by atoms with Gasteiger partial charge in [0.25, 0.3) is 0 Å². The molecule has 1 fully saturated rings. The topological polar surface area (TPSA) is 54.0 Å². The first-order valence-corrected chi connectivity index (χ1v) is 5.74. The normalized spacial score (nSPS) is 16.8. The number of aromatic nitrogens is 1. The summed E-state index contributed by atoms with van der Waals surface area (Å²) in [5.41, 5.74) is 0.671. The lowest BCUT2D eigenvalue weighted by Gasteiger charge is -2.23. The molecule has 1 amide bonds. The zero-order valence-electron chi connectivity index (χ0n) is 9.20. The number of rotatable bonds is 4. The Labute approximate surface area is 95.5 Å². The van der Waals surface area contributed by atoms with Gasteiger partial charge in [0, 0.05) is 6.04 Å². The second kappa shape index (κ2) is 5.49. The van der Waals surface area contributed by atoms with Crippen LogP contribution in [0.2, 0.25) is 0 Å². The van der Waals surface area contributed by atoms with Crippen molar-refractivity contribution in [3.63, 3.8) is 0 Å². The van der Waals surface area contributed by atoms with Gasteiger partial charge in [-0.05, 0) is 25.0 Å². The van der Waals surface area contributed by atoms with Crippen molar-refractivity contribution < 1.29 is 4.79 Å². The van der Waals surface area contributed by atoms with Gasteiger partial charge in [0.15, 0.2) is 0 Å². The maximum Gasteiger partial charge on any atom is 0.314 e. The van der Waals surface area contributed by atoms with E-state index in [4.69, 9.17) is 0 Å². The van der Waals surface area contributed by atoms with Crippen LogP contribution in [0.15, 0.2) is 18.3 Å². The third kappa shape index (κ3) is 2.95. The molecule has 0 aliphatic heterocycles. The minimum absolute atomic E-state index is 0.553. The lowest BCUT2D eigenvalue weighted by molar-refractivity contribution is 0.462. The average Bonchev–Trinajstić information content (AvgIpc) is 2.33. The SMILES string of the molecule is O=[C]Nc1ccc(NC2CCCCC2)nc1. The summed E-state index contributed by atoms with van der Waals surface area (Å²) >= 11 is 0. The molecular formula is C12H16N3O. The van der Waals surface area contributed by atoms with Crippen LogP contribution in [0, 0.1) is 0 Å². The standard InChI is InChI=1S/C12H16N3O/c16-9-14-11-6-7-12(13-8-11)15-10-4-2-1-3-5-10/h6-8,10H,1-5H2,(H,13,15)(H,14,16). The molecule has 4 heteroatoms. The number of hydrogen-bond donors (Lipinski definition) is 2. The number of nitrogens with one attached hydrogen (secondary N) is 2. The van der Waals surface area contributed by atoms with Crippen LogP contribution in [0.4, 0.5) is 11.5 Å². The minimum Gasteiger partial charge on any atom is -0.367 e. The van der Waals surface area contributed by atoms with E-state index in [0.717, 1.165) is 5.82 Å². The number of hydrogen-bond acceptors (Lipinski definition) is 3. The Hall–Kier alpha value is -1.58. The summed E-state index contributed by atoms with van der Waals surface area (Å²) in [6, 6.07) is 4.26. The van der Waals surface area contributed by atoms with E-state index >= 15 is 0 Å². The highest BCUT2D eigenvalue weighted by atomic mass is 16.1. The van der Waals surface area contributed by atoms with Gasteiger partial charge in [-0.15, -0.1) is 0 Å². The summed E-state index contributed by atoms with van der Waals surface area (Å²) in [4.78, 5) is 14.3. The van der Waals surface area contributed by atoms with Crippen molar-refractivity contribution in [2.75, 3.05) is 10.6 Å². The molecule has 0 spiro atoms. The van der Waals surface area contributed by atoms with Crippen LogP contribution < -0.4 is 10.6 Å². The first-order chi connectivity index (χ1) is 7.88. The van der Waals surface area contributed by atoms with E-state index in [1.165, 1.54) is 32.1 Å². The number of pyridine rings is 1. The molecule has 0 bridgehead atoms. The van der Waals surface area contributed by atoms with Gasteiger partial charge in [-0.2, -0.15) is 0 Å². The van der Waals surface area contributed by atoms with Crippen molar-refractivity contribution >= 4 is 17.9 Å². The molecule has 1 aromatic rings. The molecule has 2 rings (SSSR count). The molecule has 85 valence electrons. The van der Waals surface area contributed by atoms with Crippen molar-refractivity contribution in [2.24, 2.45) is 0 Å². The zero-order valence-corrected chi connectivity index (χ0v) is 9.20. The Bertz CT molecular complexity index is 331. The van der Waals surface area contributed by atoms with Gasteiger partial charge < -0.3 is 10.6 Å². The molecule has 0 atom stereocenters. The van der Waals surface area contributed by atoms with Gasteiger partial charge in [0.05, 0.1) is 11.9 Å². The largest absolute Gasteiger partial charge is 0.367 e. The maximum absolute atomic E-state index is 10.1. The quantitative estimate of drug-likeness (QED) is 0.762. The molecule has 1 aliphatic carbocycles. The highest BCUT2D eigenvalue weighted by Gasteiger charge is 2.12. The molecule has 0 saturated heterocycles. The Morgan fingerprint density at radius 2 is 2.06 bits per heavy atom. The van der Waals surface area contributed by atoms with Gasteiger partial charge >= 0.3 is 6.41 Å². The van der Waals surface area contributed by atoms with E-state index in [1.807, 2.05) is 12.1 Å². The predicted octanol–water partition coefficient (Wildman–Crippen LogP) is 2.31. The van der Waals surface area contributed by atoms with Crippen molar-refractivity contribution in [3.05, 3.63) is 18.3 Å². The summed E-state index contributed by atoms with van der Waals surface area (Å²) in [6.45, 7) is 0. The van der Waals surface area contributed by atoms with E-state index in [1.54, 1.807) is 12.6 Å². The lowest BCUT2D eigenvalue weighted by Crippen LogP contribution is -2.22. The molecule has 1 radical (unpaired) electrons. The van der Waals surface area contributed by atoms with E-state index in [9.17, 15) is 4.79 Å². The monoisotopic (exact) mass is 218 g/mol. The molecule has 16 heavy (non-hydrogen) atoms. The molecule has 0 aromatic carbocycles. The van der Waals surface area contributed by atoms with Crippen molar-refractivity contribution in [2.45, 2.75) is 38.1 Å². The predicted molar refractivity (Wildman–Crippen MR) is 64.0 cm³/mol. The summed E-state index contributed by atoms with van der Waals surface area (Å²) in [5, 5.41) is 5.86. The molecule has 1 aliphatic rings. The van der Waals surface area contributed by atoms with Crippen LogP contribution in [-0.2, 0) is 4.79 Å². The number of anilines is 2. The summed E-state index contributed by atoms with van der Waals surface area (Å²) in [7, 11) is 0. The number of nitrogens with zero attached hydrogens (tertiary/aromatic N) is 1. The highest BCUT2D eigenvalue weighted by molar-refractivity contribution is 5.71. The third-order valence-electron chi connectivity index (χ3n) is 2.92. The average molecular weight is 218 g/mol. The van der Waals surface area contributed by atoms with Crippen molar-refractivity contribution in [3.8, 4) is 0 Å². The molecule has 1 saturated carbocycles. The highest BCUT2D eigenvalue weighted by Crippen LogP contribution is 2.21. The Kier molecular flexibility index (Phi) is 3.75. The Morgan fingerprint density at radius 3 is 2.69 bits per heavy atom. The summed E-state index contributed by atoms with van der Waals surface area (Å²) in [6.07, 6.45) is 9.67.